The zero-order chi connectivity index (χ0) is 20.2. The van der Waals surface area contributed by atoms with Crippen molar-refractivity contribution in [2.75, 3.05) is 31.2 Å². The van der Waals surface area contributed by atoms with Gasteiger partial charge in [0.1, 0.15) is 0 Å². The maximum atomic E-state index is 5.49. The number of hydrogen-bond donors (Lipinski definition) is 0. The Morgan fingerprint density at radius 1 is 1.03 bits per heavy atom. The zero-order valence-corrected chi connectivity index (χ0v) is 17.8. The van der Waals surface area contributed by atoms with E-state index in [1.54, 1.807) is 23.1 Å². The molecular weight excluding hydrogens is 420 g/mol. The molecule has 5 rings (SSSR count). The van der Waals surface area contributed by atoms with Crippen LogP contribution in [0.4, 0.5) is 5.95 Å². The Kier molecular flexibility index (Phi) is 5.78. The molecule has 30 heavy (non-hydrogen) atoms. The second-order valence-electron chi connectivity index (χ2n) is 6.74. The number of ether oxygens (including phenoxy) is 1. The van der Waals surface area contributed by atoms with Gasteiger partial charge < -0.3 is 14.2 Å². The van der Waals surface area contributed by atoms with E-state index in [2.05, 4.69) is 41.9 Å². The van der Waals surface area contributed by atoms with Crippen LogP contribution in [0.1, 0.15) is 11.4 Å². The largest absolute Gasteiger partial charge is 0.378 e. The number of hydrogen-bond acceptors (Lipinski definition) is 9. The summed E-state index contributed by atoms with van der Waals surface area (Å²) in [5.74, 6) is 2.63. The third-order valence-corrected chi connectivity index (χ3v) is 6.53. The van der Waals surface area contributed by atoms with Crippen molar-refractivity contribution in [1.29, 1.82) is 0 Å². The molecule has 154 valence electrons. The fourth-order valence-electron chi connectivity index (χ4n) is 3.23. The van der Waals surface area contributed by atoms with E-state index in [4.69, 9.17) is 9.26 Å². The first kappa shape index (κ1) is 19.3. The van der Waals surface area contributed by atoms with Gasteiger partial charge in [0.05, 0.1) is 30.4 Å². The number of rotatable bonds is 7. The number of anilines is 1. The molecule has 0 aliphatic carbocycles. The van der Waals surface area contributed by atoms with E-state index in [0.717, 1.165) is 29.1 Å². The van der Waals surface area contributed by atoms with Crippen LogP contribution in [0.3, 0.4) is 0 Å². The standard InChI is InChI=1S/C20H20N6O2S2/c1-2-5-15(6-3-1)13-26-19(25-8-10-27-11-9-25)22-23-20(26)30-14-17-21-18(28-24-17)16-7-4-12-29-16/h1-7,12H,8-11,13-14H2. The van der Waals surface area contributed by atoms with Gasteiger partial charge >= 0.3 is 0 Å². The second kappa shape index (κ2) is 8.99. The van der Waals surface area contributed by atoms with Crippen LogP contribution in [0.25, 0.3) is 10.8 Å². The van der Waals surface area contributed by atoms with Gasteiger partial charge in [0.25, 0.3) is 5.89 Å². The molecule has 1 aliphatic rings. The van der Waals surface area contributed by atoms with E-state index < -0.39 is 0 Å². The van der Waals surface area contributed by atoms with E-state index in [1.807, 2.05) is 35.7 Å². The van der Waals surface area contributed by atoms with Crippen molar-refractivity contribution in [3.8, 4) is 10.8 Å². The summed E-state index contributed by atoms with van der Waals surface area (Å²) in [5, 5.41) is 15.9. The molecule has 4 heterocycles. The minimum atomic E-state index is 0.556. The lowest BCUT2D eigenvalue weighted by molar-refractivity contribution is 0.121. The van der Waals surface area contributed by atoms with Gasteiger partial charge in [-0.1, -0.05) is 53.3 Å². The van der Waals surface area contributed by atoms with Crippen LogP contribution in [-0.2, 0) is 17.0 Å². The summed E-state index contributed by atoms with van der Waals surface area (Å²) in [6.45, 7) is 3.73. The summed E-state index contributed by atoms with van der Waals surface area (Å²) in [4.78, 5) is 7.71. The van der Waals surface area contributed by atoms with Crippen molar-refractivity contribution in [2.45, 2.75) is 17.5 Å². The highest BCUT2D eigenvalue weighted by atomic mass is 32.2. The maximum absolute atomic E-state index is 5.49. The van der Waals surface area contributed by atoms with Crippen molar-refractivity contribution in [2.24, 2.45) is 0 Å². The molecule has 0 radical (unpaired) electrons. The van der Waals surface area contributed by atoms with Gasteiger partial charge in [0, 0.05) is 13.1 Å². The summed E-state index contributed by atoms with van der Waals surface area (Å²) in [5.41, 5.74) is 1.20. The molecule has 0 N–H and O–H groups in total. The van der Waals surface area contributed by atoms with Crippen molar-refractivity contribution < 1.29 is 9.26 Å². The molecule has 1 aliphatic heterocycles. The molecule has 4 aromatic rings. The minimum Gasteiger partial charge on any atom is -0.378 e. The highest BCUT2D eigenvalue weighted by molar-refractivity contribution is 7.98. The van der Waals surface area contributed by atoms with Crippen molar-refractivity contribution >= 4 is 29.0 Å². The van der Waals surface area contributed by atoms with Crippen molar-refractivity contribution in [3.05, 3.63) is 59.2 Å². The van der Waals surface area contributed by atoms with Gasteiger partial charge in [0.2, 0.25) is 5.95 Å². The molecule has 1 saturated heterocycles. The summed E-state index contributed by atoms with van der Waals surface area (Å²) in [6.07, 6.45) is 0. The molecule has 0 atom stereocenters. The number of thiophene rings is 1. The fourth-order valence-corrected chi connectivity index (χ4v) is 4.65. The summed E-state index contributed by atoms with van der Waals surface area (Å²) < 4.78 is 13.0. The number of aromatic nitrogens is 5. The average Bonchev–Trinajstić information content (AvgIpc) is 3.55. The van der Waals surface area contributed by atoms with Crippen LogP contribution in [0, 0.1) is 0 Å². The van der Waals surface area contributed by atoms with Crippen molar-refractivity contribution in [3.63, 3.8) is 0 Å². The van der Waals surface area contributed by atoms with Crippen LogP contribution in [-0.4, -0.2) is 51.2 Å². The quantitative estimate of drug-likeness (QED) is 0.404. The Morgan fingerprint density at radius 3 is 2.70 bits per heavy atom. The van der Waals surface area contributed by atoms with Crippen molar-refractivity contribution in [1.82, 2.24) is 24.9 Å². The normalized spacial score (nSPS) is 14.3. The lowest BCUT2D eigenvalue weighted by Gasteiger charge is -2.28. The number of benzene rings is 1. The molecule has 1 aromatic carbocycles. The van der Waals surface area contributed by atoms with E-state index >= 15 is 0 Å². The van der Waals surface area contributed by atoms with Crippen LogP contribution in [0.5, 0.6) is 0 Å². The highest BCUT2D eigenvalue weighted by Gasteiger charge is 2.21. The molecule has 10 heteroatoms. The van der Waals surface area contributed by atoms with Gasteiger partial charge in [-0.15, -0.1) is 21.5 Å². The zero-order valence-electron chi connectivity index (χ0n) is 16.2. The monoisotopic (exact) mass is 440 g/mol. The summed E-state index contributed by atoms with van der Waals surface area (Å²) in [6, 6.07) is 14.3. The SMILES string of the molecule is c1ccc(Cn2c(SCc3noc(-c4cccs4)n3)nnc2N2CCOCC2)cc1. The fraction of sp³-hybridized carbons (Fsp3) is 0.300. The number of thioether (sulfide) groups is 1. The smallest absolute Gasteiger partial charge is 0.268 e. The first-order valence-corrected chi connectivity index (χ1v) is 11.5. The molecule has 0 amide bonds. The van der Waals surface area contributed by atoms with Gasteiger partial charge in [0.15, 0.2) is 11.0 Å². The predicted octanol–water partition coefficient (Wildman–Crippen LogP) is 3.57. The van der Waals surface area contributed by atoms with E-state index in [9.17, 15) is 0 Å². The molecule has 1 fully saturated rings. The Labute approximate surface area is 181 Å². The van der Waals surface area contributed by atoms with E-state index in [1.165, 1.54) is 5.56 Å². The lowest BCUT2D eigenvalue weighted by atomic mass is 10.2. The molecule has 0 bridgehead atoms. The molecule has 0 unspecified atom stereocenters. The third-order valence-electron chi connectivity index (χ3n) is 4.71. The summed E-state index contributed by atoms with van der Waals surface area (Å²) >= 11 is 3.15. The minimum absolute atomic E-state index is 0.556. The Morgan fingerprint density at radius 2 is 1.90 bits per heavy atom. The van der Waals surface area contributed by atoms with Crippen LogP contribution < -0.4 is 4.90 Å². The Hall–Kier alpha value is -2.69. The number of nitrogens with zero attached hydrogens (tertiary/aromatic N) is 6. The van der Waals surface area contributed by atoms with Gasteiger partial charge in [-0.05, 0) is 17.0 Å². The van der Waals surface area contributed by atoms with Crippen LogP contribution in [0.2, 0.25) is 0 Å². The Bertz CT molecular complexity index is 1070. The molecule has 3 aromatic heterocycles. The second-order valence-corrected chi connectivity index (χ2v) is 8.63. The first-order chi connectivity index (χ1) is 14.9. The van der Waals surface area contributed by atoms with Crippen LogP contribution >= 0.6 is 23.1 Å². The summed E-state index contributed by atoms with van der Waals surface area (Å²) in [7, 11) is 0. The molecular formula is C20H20N6O2S2. The highest BCUT2D eigenvalue weighted by Crippen LogP contribution is 2.28. The van der Waals surface area contributed by atoms with E-state index in [0.29, 0.717) is 37.2 Å². The average molecular weight is 441 g/mol. The maximum Gasteiger partial charge on any atom is 0.268 e. The van der Waals surface area contributed by atoms with Gasteiger partial charge in [-0.25, -0.2) is 0 Å². The molecule has 0 spiro atoms. The number of morpholine rings is 1. The lowest BCUT2D eigenvalue weighted by Crippen LogP contribution is -2.38. The first-order valence-electron chi connectivity index (χ1n) is 9.66. The van der Waals surface area contributed by atoms with Gasteiger partial charge in [-0.3, -0.25) is 4.57 Å². The molecule has 8 nitrogen and oxygen atoms in total. The molecule has 0 saturated carbocycles. The van der Waals surface area contributed by atoms with Crippen LogP contribution in [0.15, 0.2) is 57.5 Å². The van der Waals surface area contributed by atoms with Gasteiger partial charge in [-0.2, -0.15) is 4.98 Å². The Balaban J connectivity index is 1.36. The topological polar surface area (TPSA) is 82.1 Å². The predicted molar refractivity (Wildman–Crippen MR) is 116 cm³/mol. The third kappa shape index (κ3) is 4.25. The van der Waals surface area contributed by atoms with E-state index in [-0.39, 0.29) is 0 Å².